The topological polar surface area (TPSA) is 75.8 Å². The number of fused-ring (bicyclic) bond motifs is 1. The molecule has 1 amide bonds. The van der Waals surface area contributed by atoms with Gasteiger partial charge in [-0.1, -0.05) is 25.0 Å². The summed E-state index contributed by atoms with van der Waals surface area (Å²) < 4.78 is 0. The van der Waals surface area contributed by atoms with E-state index in [0.717, 1.165) is 71.0 Å². The van der Waals surface area contributed by atoms with E-state index in [1.54, 1.807) is 0 Å². The van der Waals surface area contributed by atoms with E-state index in [4.69, 9.17) is 0 Å². The summed E-state index contributed by atoms with van der Waals surface area (Å²) in [5.74, 6) is 1.54. The Hall–Kier alpha value is -2.54. The van der Waals surface area contributed by atoms with E-state index in [2.05, 4.69) is 61.7 Å². The average molecular weight is 439 g/mol. The van der Waals surface area contributed by atoms with Crippen molar-refractivity contribution in [3.63, 3.8) is 0 Å². The van der Waals surface area contributed by atoms with Gasteiger partial charge in [-0.15, -0.1) is 0 Å². The maximum absolute atomic E-state index is 12.6. The third-order valence-electron chi connectivity index (χ3n) is 6.94. The summed E-state index contributed by atoms with van der Waals surface area (Å²) in [6.07, 6.45) is 7.68. The Balaban J connectivity index is 1.13. The van der Waals surface area contributed by atoms with Gasteiger partial charge in [-0.05, 0) is 43.4 Å². The van der Waals surface area contributed by atoms with Crippen molar-refractivity contribution in [3.8, 4) is 0 Å². The largest absolute Gasteiger partial charge is 0.361 e. The molecule has 32 heavy (non-hydrogen) atoms. The molecule has 1 aromatic heterocycles. The highest BCUT2D eigenvalue weighted by Gasteiger charge is 2.29. The molecule has 0 radical (unpaired) electrons. The molecule has 2 aliphatic rings. The van der Waals surface area contributed by atoms with Crippen LogP contribution in [-0.4, -0.2) is 79.5 Å². The van der Waals surface area contributed by atoms with Gasteiger partial charge in [-0.3, -0.25) is 14.7 Å². The van der Waals surface area contributed by atoms with Crippen LogP contribution in [0.15, 0.2) is 29.4 Å². The molecule has 0 atom stereocenters. The number of carbonyl (C=O) groups is 1. The molecule has 7 heteroatoms. The number of amides is 1. The highest BCUT2D eigenvalue weighted by molar-refractivity contribution is 5.84. The summed E-state index contributed by atoms with van der Waals surface area (Å²) >= 11 is 0. The maximum atomic E-state index is 12.6. The lowest BCUT2D eigenvalue weighted by Crippen LogP contribution is -2.52. The molecular weight excluding hydrogens is 400 g/mol. The summed E-state index contributed by atoms with van der Waals surface area (Å²) in [5, 5.41) is 8.15. The Morgan fingerprint density at radius 2 is 1.88 bits per heavy atom. The summed E-state index contributed by atoms with van der Waals surface area (Å²) in [6, 6.07) is 6.56. The van der Waals surface area contributed by atoms with Crippen LogP contribution in [0.25, 0.3) is 10.9 Å². The Labute approximate surface area is 191 Å². The molecule has 174 valence electrons. The van der Waals surface area contributed by atoms with Gasteiger partial charge in [0.1, 0.15) is 0 Å². The minimum atomic E-state index is 0.297. The smallest absolute Gasteiger partial charge is 0.225 e. The SMILES string of the molecule is CN=C(NCCc1c[nH]c2cc(C)ccc12)NCCN1CCN(C(=O)C2CCCC2)CC1. The minimum Gasteiger partial charge on any atom is -0.361 e. The maximum Gasteiger partial charge on any atom is 0.225 e. The monoisotopic (exact) mass is 438 g/mol. The van der Waals surface area contributed by atoms with Crippen molar-refractivity contribution in [2.45, 2.75) is 39.0 Å². The molecular formula is C25H38N6O. The number of aryl methyl sites for hydroxylation is 1. The van der Waals surface area contributed by atoms with E-state index in [9.17, 15) is 4.79 Å². The van der Waals surface area contributed by atoms with Crippen LogP contribution in [0.3, 0.4) is 0 Å². The van der Waals surface area contributed by atoms with Gasteiger partial charge in [-0.25, -0.2) is 0 Å². The average Bonchev–Trinajstić information content (AvgIpc) is 3.48. The van der Waals surface area contributed by atoms with Crippen molar-refractivity contribution in [3.05, 3.63) is 35.5 Å². The number of rotatable bonds is 7. The highest BCUT2D eigenvalue weighted by atomic mass is 16.2. The fourth-order valence-corrected chi connectivity index (χ4v) is 5.00. The normalized spacial score (nSPS) is 18.4. The Bertz CT molecular complexity index is 922. The number of carbonyl (C=O) groups excluding carboxylic acids is 1. The zero-order valence-electron chi connectivity index (χ0n) is 19.6. The second-order valence-electron chi connectivity index (χ2n) is 9.19. The Morgan fingerprint density at radius 3 is 2.62 bits per heavy atom. The number of nitrogens with zero attached hydrogens (tertiary/aromatic N) is 3. The predicted octanol–water partition coefficient (Wildman–Crippen LogP) is 2.52. The first-order valence-corrected chi connectivity index (χ1v) is 12.2. The number of aliphatic imine (C=N–C) groups is 1. The molecule has 1 saturated carbocycles. The van der Waals surface area contributed by atoms with E-state index < -0.39 is 0 Å². The van der Waals surface area contributed by atoms with Crippen LogP contribution in [0.1, 0.15) is 36.8 Å². The molecule has 1 saturated heterocycles. The second-order valence-corrected chi connectivity index (χ2v) is 9.19. The quantitative estimate of drug-likeness (QED) is 0.459. The van der Waals surface area contributed by atoms with Crippen molar-refractivity contribution >= 4 is 22.8 Å². The molecule has 2 heterocycles. The zero-order chi connectivity index (χ0) is 22.3. The van der Waals surface area contributed by atoms with Gasteiger partial charge in [0.15, 0.2) is 5.96 Å². The van der Waals surface area contributed by atoms with Crippen molar-refractivity contribution in [1.29, 1.82) is 0 Å². The molecule has 0 spiro atoms. The molecule has 0 unspecified atom stereocenters. The van der Waals surface area contributed by atoms with Gasteiger partial charge in [0.05, 0.1) is 0 Å². The van der Waals surface area contributed by atoms with E-state index in [0.29, 0.717) is 11.8 Å². The van der Waals surface area contributed by atoms with Crippen LogP contribution >= 0.6 is 0 Å². The first-order valence-electron chi connectivity index (χ1n) is 12.2. The van der Waals surface area contributed by atoms with Gasteiger partial charge < -0.3 is 20.5 Å². The Morgan fingerprint density at radius 1 is 1.12 bits per heavy atom. The molecule has 1 aliphatic heterocycles. The summed E-state index contributed by atoms with van der Waals surface area (Å²) in [4.78, 5) is 24.8. The zero-order valence-corrected chi connectivity index (χ0v) is 19.6. The van der Waals surface area contributed by atoms with Crippen LogP contribution < -0.4 is 10.6 Å². The Kier molecular flexibility index (Phi) is 7.68. The van der Waals surface area contributed by atoms with Gasteiger partial charge >= 0.3 is 0 Å². The molecule has 2 fully saturated rings. The fraction of sp³-hybridized carbons (Fsp3) is 0.600. The lowest BCUT2D eigenvalue weighted by molar-refractivity contribution is -0.137. The van der Waals surface area contributed by atoms with Gasteiger partial charge in [0, 0.05) is 75.9 Å². The number of guanidine groups is 1. The van der Waals surface area contributed by atoms with E-state index in [-0.39, 0.29) is 0 Å². The van der Waals surface area contributed by atoms with Gasteiger partial charge in [0.2, 0.25) is 5.91 Å². The lowest BCUT2D eigenvalue weighted by atomic mass is 10.1. The van der Waals surface area contributed by atoms with Crippen LogP contribution in [0, 0.1) is 12.8 Å². The first-order chi connectivity index (χ1) is 15.6. The molecule has 1 aliphatic carbocycles. The number of benzene rings is 1. The number of aromatic amines is 1. The predicted molar refractivity (Wildman–Crippen MR) is 131 cm³/mol. The summed E-state index contributed by atoms with van der Waals surface area (Å²) in [5.41, 5.74) is 3.80. The molecule has 2 aromatic rings. The van der Waals surface area contributed by atoms with Crippen LogP contribution in [0.2, 0.25) is 0 Å². The number of nitrogens with one attached hydrogen (secondary N) is 3. The lowest BCUT2D eigenvalue weighted by Gasteiger charge is -2.36. The third kappa shape index (κ3) is 5.63. The summed E-state index contributed by atoms with van der Waals surface area (Å²) in [7, 11) is 1.82. The minimum absolute atomic E-state index is 0.297. The van der Waals surface area contributed by atoms with Crippen LogP contribution in [0.5, 0.6) is 0 Å². The van der Waals surface area contributed by atoms with Gasteiger partial charge in [-0.2, -0.15) is 0 Å². The fourth-order valence-electron chi connectivity index (χ4n) is 5.00. The standard InChI is InChI=1S/C25H38N6O/c1-19-7-8-22-21(18-29-23(22)17-19)9-10-27-25(26-2)28-11-12-30-13-15-31(16-14-30)24(32)20-5-3-4-6-20/h7-8,17-18,20,29H,3-6,9-16H2,1-2H3,(H2,26,27,28). The van der Waals surface area contributed by atoms with Crippen molar-refractivity contribution in [1.82, 2.24) is 25.4 Å². The molecule has 7 nitrogen and oxygen atoms in total. The number of hydrogen-bond acceptors (Lipinski definition) is 3. The van der Waals surface area contributed by atoms with Crippen molar-refractivity contribution < 1.29 is 4.79 Å². The molecule has 0 bridgehead atoms. The molecule has 3 N–H and O–H groups in total. The number of hydrogen-bond donors (Lipinski definition) is 3. The third-order valence-corrected chi connectivity index (χ3v) is 6.94. The number of piperazine rings is 1. The second kappa shape index (κ2) is 10.9. The van der Waals surface area contributed by atoms with Crippen LogP contribution in [0.4, 0.5) is 0 Å². The molecule has 4 rings (SSSR count). The van der Waals surface area contributed by atoms with Gasteiger partial charge in [0.25, 0.3) is 0 Å². The highest BCUT2D eigenvalue weighted by Crippen LogP contribution is 2.27. The summed E-state index contributed by atoms with van der Waals surface area (Å²) in [6.45, 7) is 8.43. The van der Waals surface area contributed by atoms with E-state index in [1.807, 2.05) is 7.05 Å². The molecule has 1 aromatic carbocycles. The number of H-pyrrole nitrogens is 1. The first kappa shape index (κ1) is 22.6. The van der Waals surface area contributed by atoms with Crippen molar-refractivity contribution in [2.75, 3.05) is 52.9 Å². The number of aromatic nitrogens is 1. The van der Waals surface area contributed by atoms with Crippen molar-refractivity contribution in [2.24, 2.45) is 10.9 Å². The van der Waals surface area contributed by atoms with E-state index >= 15 is 0 Å². The van der Waals surface area contributed by atoms with E-state index in [1.165, 1.54) is 34.9 Å². The van der Waals surface area contributed by atoms with Crippen LogP contribution in [-0.2, 0) is 11.2 Å².